The van der Waals surface area contributed by atoms with Crippen LogP contribution in [-0.2, 0) is 19.1 Å². The molecule has 0 spiro atoms. The van der Waals surface area contributed by atoms with E-state index in [-0.39, 0.29) is 55.2 Å². The van der Waals surface area contributed by atoms with Crippen LogP contribution in [0.15, 0.2) is 171 Å². The van der Waals surface area contributed by atoms with Gasteiger partial charge in [0.05, 0.1) is 72.4 Å². The molecule has 0 radical (unpaired) electrons. The number of ether oxygens (including phenoxy) is 5. The highest BCUT2D eigenvalue weighted by Gasteiger charge is 2.45. The van der Waals surface area contributed by atoms with Gasteiger partial charge >= 0.3 is 5.97 Å². The van der Waals surface area contributed by atoms with Crippen molar-refractivity contribution in [2.24, 2.45) is 5.41 Å². The maximum absolute atomic E-state index is 13.2. The van der Waals surface area contributed by atoms with Gasteiger partial charge in [0.1, 0.15) is 90.9 Å². The molecule has 0 bridgehead atoms. The molecule has 17 rings (SSSR count). The highest BCUT2D eigenvalue weighted by molar-refractivity contribution is 6.00. The Kier molecular flexibility index (Phi) is 25.2. The van der Waals surface area contributed by atoms with Gasteiger partial charge in [0.15, 0.2) is 0 Å². The number of nitrogens with zero attached hydrogens (tertiary/aromatic N) is 13. The van der Waals surface area contributed by atoms with Gasteiger partial charge in [-0.1, -0.05) is 36.4 Å². The van der Waals surface area contributed by atoms with Gasteiger partial charge in [0, 0.05) is 169 Å². The first-order valence-electron chi connectivity index (χ1n) is 40.1. The number of benzene rings is 6. The van der Waals surface area contributed by atoms with Crippen LogP contribution < -0.4 is 19.1 Å². The molecule has 10 heterocycles. The largest absolute Gasteiger partial charge is 0.489 e. The van der Waals surface area contributed by atoms with E-state index < -0.39 is 18.6 Å². The Morgan fingerprint density at radius 1 is 0.483 bits per heavy atom. The van der Waals surface area contributed by atoms with Crippen LogP contribution in [0.4, 0.5) is 5.69 Å². The van der Waals surface area contributed by atoms with Crippen LogP contribution in [0.2, 0.25) is 0 Å². The number of rotatable bonds is 20. The Hall–Kier alpha value is -13.4. The number of esters is 1. The molecule has 29 heteroatoms. The summed E-state index contributed by atoms with van der Waals surface area (Å²) in [5.74, 6) is 0.549. The number of aromatic amines is 3. The van der Waals surface area contributed by atoms with Crippen LogP contribution in [-0.4, -0.2) is 241 Å². The van der Waals surface area contributed by atoms with Gasteiger partial charge in [0.2, 0.25) is 11.8 Å². The van der Waals surface area contributed by atoms with Gasteiger partial charge in [-0.25, -0.2) is 24.7 Å². The van der Waals surface area contributed by atoms with Crippen LogP contribution in [0.1, 0.15) is 82.9 Å². The minimum absolute atomic E-state index is 0.0297. The average Bonchev–Trinajstić information content (AvgIpc) is 1.67. The highest BCUT2D eigenvalue weighted by atomic mass is 16.5. The summed E-state index contributed by atoms with van der Waals surface area (Å²) in [4.78, 5) is 91.2. The normalized spacial score (nSPS) is 15.8. The third kappa shape index (κ3) is 18.2. The van der Waals surface area contributed by atoms with E-state index in [0.717, 1.165) is 117 Å². The quantitative estimate of drug-likeness (QED) is 0.0349. The summed E-state index contributed by atoms with van der Waals surface area (Å²) in [6.07, 6.45) is 7.95. The van der Waals surface area contributed by atoms with Gasteiger partial charge in [-0.2, -0.15) is 15.8 Å². The SMILES string of the molecule is CCOC(=O)c1cccc(-c2cc3c(-c4ccc(OC5CCN(C(=O)CO)CC5)c(C#N)c4)ncnc3[nH]2)c1.CN1CCN(C(=O)c2cccc(-c3cc4c(-c5ccc(OC6CCN(C(=O)CO)CC6)c(C#N)c5)ncnc4[nH]3)c2)CC1.N#Cc1cc(-c2nccc3[nH]c(-c4ccc(N5CCOCC5)cc4)cc23)ccc1OC1CC(CO)(CO)C1. The Morgan fingerprint density at radius 3 is 1.43 bits per heavy atom. The standard InChI is InChI=1S/C32H33N7O4.C30H30N4O4.C29H27N5O5/c1-37-11-13-39(14-12-37)32(42)23-4-2-3-21(15-23)27-17-26-30(34-20-35-31(26)36-27)22-5-6-28(24(16-22)18-33)43-25-7-9-38(10-8-25)29(41)19-40;31-17-22-13-21(3-6-28(22)38-24-15-30(16-24,18-35)19-36)29-25-14-27(33-26(25)7-8-32-29)20-1-4-23(5-2-20)34-9-11-37-12-10-34;1-2-38-29(37)20-5-3-4-18(12-20)24-14-23-27(31-17-32-28(23)33-24)19-6-7-25(21(13-19)15-30)39-22-8-10-34(11-9-22)26(36)16-35/h2-6,15-17,20,25,40H,7-14,19H2,1H3,(H,34,35,36);1-8,13-14,24,33,35-36H,9-12,15-16,18-19H2;3-7,12-14,17,22,35H,2,8-11,16H2,1H3,(H,31,32,33). The van der Waals surface area contributed by atoms with Crippen LogP contribution in [0.5, 0.6) is 17.2 Å². The summed E-state index contributed by atoms with van der Waals surface area (Å²) in [5, 5.41) is 69.4. The molecule has 4 saturated heterocycles. The zero-order valence-corrected chi connectivity index (χ0v) is 66.4. The lowest BCUT2D eigenvalue weighted by molar-refractivity contribution is -0.136. The van der Waals surface area contributed by atoms with Crippen molar-refractivity contribution in [1.82, 2.24) is 59.5 Å². The van der Waals surface area contributed by atoms with Crippen molar-refractivity contribution in [3.8, 4) is 103 Å². The van der Waals surface area contributed by atoms with Gasteiger partial charge in [-0.15, -0.1) is 0 Å². The van der Waals surface area contributed by atoms with Crippen LogP contribution in [0.25, 0.3) is 101 Å². The molecule has 12 aromatic rings. The number of likely N-dealkylation sites (tertiary alicyclic amines) is 2. The maximum Gasteiger partial charge on any atom is 0.338 e. The van der Waals surface area contributed by atoms with Crippen LogP contribution in [0, 0.1) is 39.4 Å². The molecule has 1 saturated carbocycles. The summed E-state index contributed by atoms with van der Waals surface area (Å²) >= 11 is 0. The minimum atomic E-state index is -0.496. The van der Waals surface area contributed by atoms with E-state index in [0.29, 0.717) is 152 Å². The maximum atomic E-state index is 13.2. The number of aromatic nitrogens is 8. The zero-order valence-electron chi connectivity index (χ0n) is 66.4. The molecule has 5 fully saturated rings. The number of anilines is 1. The molecule has 7 N–H and O–H groups in total. The minimum Gasteiger partial charge on any atom is -0.489 e. The fraction of sp³-hybridized carbons (Fsp3) is 0.319. The second-order valence-corrected chi connectivity index (χ2v) is 30.4. The van der Waals surface area contributed by atoms with E-state index in [2.05, 4.69) is 105 Å². The first kappa shape index (κ1) is 81.7. The Bertz CT molecular complexity index is 5860. The molecule has 4 aliphatic heterocycles. The number of hydrogen-bond acceptors (Lipinski definition) is 23. The van der Waals surface area contributed by atoms with Crippen molar-refractivity contribution in [2.45, 2.75) is 63.8 Å². The molecular weight excluding hydrogens is 1530 g/mol. The van der Waals surface area contributed by atoms with Crippen molar-refractivity contribution >= 4 is 62.3 Å². The number of nitriles is 3. The topological polar surface area (TPSA) is 395 Å². The predicted octanol–water partition coefficient (Wildman–Crippen LogP) is 10.7. The van der Waals surface area contributed by atoms with Crippen molar-refractivity contribution in [3.05, 3.63) is 198 Å². The smallest absolute Gasteiger partial charge is 0.338 e. The molecule has 0 unspecified atom stereocenters. The van der Waals surface area contributed by atoms with Crippen molar-refractivity contribution < 1.29 is 63.3 Å². The summed E-state index contributed by atoms with van der Waals surface area (Å²) in [5.41, 5.74) is 15.1. The number of morpholine rings is 1. The fourth-order valence-corrected chi connectivity index (χ4v) is 15.9. The number of aliphatic hydroxyl groups is 4. The van der Waals surface area contributed by atoms with Crippen molar-refractivity contribution in [3.63, 3.8) is 0 Å². The number of hydrogen-bond donors (Lipinski definition) is 7. The number of carbonyl (C=O) groups is 4. The Balaban J connectivity index is 0.000000141. The van der Waals surface area contributed by atoms with Gasteiger partial charge < -0.3 is 83.6 Å². The van der Waals surface area contributed by atoms with Crippen molar-refractivity contribution in [2.75, 3.05) is 124 Å². The number of carbonyl (C=O) groups excluding carboxylic acids is 4. The van der Waals surface area contributed by atoms with Crippen LogP contribution >= 0.6 is 0 Å². The van der Waals surface area contributed by atoms with Gasteiger partial charge in [-0.3, -0.25) is 19.4 Å². The Labute approximate surface area is 691 Å². The van der Waals surface area contributed by atoms with E-state index in [1.54, 1.807) is 65.4 Å². The summed E-state index contributed by atoms with van der Waals surface area (Å²) < 4.78 is 28.9. The van der Waals surface area contributed by atoms with E-state index >= 15 is 0 Å². The number of amides is 3. The van der Waals surface area contributed by atoms with Crippen molar-refractivity contribution in [1.29, 1.82) is 15.8 Å². The lowest BCUT2D eigenvalue weighted by atomic mass is 9.68. The second-order valence-electron chi connectivity index (χ2n) is 30.4. The molecular formula is C91H90N16O13. The first-order chi connectivity index (χ1) is 58.5. The van der Waals surface area contributed by atoms with Crippen LogP contribution in [0.3, 0.4) is 0 Å². The third-order valence-electron chi connectivity index (χ3n) is 22.7. The summed E-state index contributed by atoms with van der Waals surface area (Å²) in [7, 11) is 2.07. The molecule has 1 aliphatic carbocycles. The first-order valence-corrected chi connectivity index (χ1v) is 40.1. The number of piperidine rings is 2. The number of nitrogens with one attached hydrogen (secondary N) is 3. The number of H-pyrrole nitrogens is 3. The lowest BCUT2D eigenvalue weighted by Crippen LogP contribution is -2.49. The molecule has 120 heavy (non-hydrogen) atoms. The number of pyridine rings is 1. The zero-order chi connectivity index (χ0) is 83.4. The van der Waals surface area contributed by atoms with Gasteiger partial charge in [0.25, 0.3) is 5.91 Å². The molecule has 5 aliphatic rings. The molecule has 29 nitrogen and oxygen atoms in total. The summed E-state index contributed by atoms with van der Waals surface area (Å²) in [6.45, 7) is 9.43. The van der Waals surface area contributed by atoms with E-state index in [4.69, 9.17) is 33.9 Å². The molecule has 6 aromatic carbocycles. The molecule has 612 valence electrons. The van der Waals surface area contributed by atoms with Gasteiger partial charge in [-0.05, 0) is 159 Å². The number of aliphatic hydroxyl groups excluding tert-OH is 4. The van der Waals surface area contributed by atoms with E-state index in [9.17, 15) is 45.2 Å². The average molecular weight is 1620 g/mol. The summed E-state index contributed by atoms with van der Waals surface area (Å²) in [6, 6.07) is 54.4. The molecule has 3 amide bonds. The van der Waals surface area contributed by atoms with E-state index in [1.165, 1.54) is 18.3 Å². The Morgan fingerprint density at radius 2 is 0.942 bits per heavy atom. The number of likely N-dealkylation sites (N-methyl/N-ethyl adjacent to an activating group) is 1. The monoisotopic (exact) mass is 1610 g/mol. The highest BCUT2D eigenvalue weighted by Crippen LogP contribution is 2.44. The number of fused-ring (bicyclic) bond motifs is 3. The predicted molar refractivity (Wildman–Crippen MR) is 448 cm³/mol. The second kappa shape index (κ2) is 37.0. The third-order valence-corrected chi connectivity index (χ3v) is 22.7. The molecule has 6 aromatic heterocycles. The number of piperazine rings is 1. The van der Waals surface area contributed by atoms with E-state index in [1.807, 2.05) is 83.8 Å². The lowest BCUT2D eigenvalue weighted by Gasteiger charge is -2.44. The fourth-order valence-electron chi connectivity index (χ4n) is 15.9. The molecule has 0 atom stereocenters.